The van der Waals surface area contributed by atoms with Crippen LogP contribution in [-0.4, -0.2) is 35.1 Å². The Morgan fingerprint density at radius 3 is 2.45 bits per heavy atom. The lowest BCUT2D eigenvalue weighted by molar-refractivity contribution is -0.140. The molecular weight excluding hydrogens is 293 g/mol. The highest BCUT2D eigenvalue weighted by Crippen LogP contribution is 2.21. The fourth-order valence-corrected chi connectivity index (χ4v) is 1.88. The van der Waals surface area contributed by atoms with Gasteiger partial charge in [-0.25, -0.2) is 4.98 Å². The van der Waals surface area contributed by atoms with Crippen molar-refractivity contribution < 1.29 is 18.0 Å². The van der Waals surface area contributed by atoms with Gasteiger partial charge in [0.15, 0.2) is 0 Å². The van der Waals surface area contributed by atoms with E-state index in [0.29, 0.717) is 5.69 Å². The topological polar surface area (TPSA) is 33.2 Å². The molecule has 112 valence electrons. The summed E-state index contributed by atoms with van der Waals surface area (Å²) in [7, 11) is 0. The molecule has 0 atom stereocenters. The third-order valence-corrected chi connectivity index (χ3v) is 2.89. The van der Waals surface area contributed by atoms with Crippen molar-refractivity contribution >= 4 is 17.5 Å². The Bertz CT molecular complexity index is 489. The van der Waals surface area contributed by atoms with E-state index in [1.165, 1.54) is 19.1 Å². The highest BCUT2D eigenvalue weighted by molar-refractivity contribution is 6.29. The number of amides is 1. The third kappa shape index (κ3) is 4.67. The fourth-order valence-electron chi connectivity index (χ4n) is 1.66. The molecule has 1 rings (SSSR count). The number of carbonyl (C=O) groups is 1. The molecule has 3 nitrogen and oxygen atoms in total. The zero-order chi connectivity index (χ0) is 15.5. The molecular formula is C13H16ClF3N2O. The Hall–Kier alpha value is -1.30. The number of nitrogens with zero attached hydrogens (tertiary/aromatic N) is 2. The normalized spacial score (nSPS) is 11.8. The summed E-state index contributed by atoms with van der Waals surface area (Å²) in [4.78, 5) is 16.9. The minimum Gasteiger partial charge on any atom is -0.330 e. The number of rotatable bonds is 4. The molecule has 20 heavy (non-hydrogen) atoms. The van der Waals surface area contributed by atoms with Crippen molar-refractivity contribution in [2.75, 3.05) is 13.1 Å². The average molecular weight is 309 g/mol. The monoisotopic (exact) mass is 308 g/mol. The van der Waals surface area contributed by atoms with E-state index >= 15 is 0 Å². The standard InChI is InChI=1S/C13H16ClF3N2O/c1-4-19(7-13(15,16)17)12(20)9-5-10(8(2)3)18-11(14)6-9/h5-6,8H,4,7H2,1-3H3. The van der Waals surface area contributed by atoms with E-state index in [1.54, 1.807) is 0 Å². The van der Waals surface area contributed by atoms with Crippen LogP contribution in [0.5, 0.6) is 0 Å². The second-order valence-electron chi connectivity index (χ2n) is 4.69. The zero-order valence-electron chi connectivity index (χ0n) is 11.5. The van der Waals surface area contributed by atoms with Crippen LogP contribution in [0.2, 0.25) is 5.15 Å². The molecule has 0 spiro atoms. The van der Waals surface area contributed by atoms with Crippen molar-refractivity contribution in [3.8, 4) is 0 Å². The smallest absolute Gasteiger partial charge is 0.330 e. The van der Waals surface area contributed by atoms with Gasteiger partial charge >= 0.3 is 6.18 Å². The quantitative estimate of drug-likeness (QED) is 0.791. The first-order chi connectivity index (χ1) is 9.14. The SMILES string of the molecule is CCN(CC(F)(F)F)C(=O)c1cc(Cl)nc(C(C)C)c1. The second-order valence-corrected chi connectivity index (χ2v) is 5.08. The maximum Gasteiger partial charge on any atom is 0.406 e. The van der Waals surface area contributed by atoms with Crippen LogP contribution in [-0.2, 0) is 0 Å². The molecule has 0 aliphatic carbocycles. The minimum atomic E-state index is -4.43. The summed E-state index contributed by atoms with van der Waals surface area (Å²) < 4.78 is 37.3. The van der Waals surface area contributed by atoms with Crippen LogP contribution in [0, 0.1) is 0 Å². The van der Waals surface area contributed by atoms with Gasteiger partial charge in [-0.2, -0.15) is 13.2 Å². The van der Waals surface area contributed by atoms with Crippen LogP contribution >= 0.6 is 11.6 Å². The lowest BCUT2D eigenvalue weighted by Crippen LogP contribution is -2.38. The van der Waals surface area contributed by atoms with Gasteiger partial charge in [0.25, 0.3) is 5.91 Å². The highest BCUT2D eigenvalue weighted by atomic mass is 35.5. The van der Waals surface area contributed by atoms with E-state index in [9.17, 15) is 18.0 Å². The predicted molar refractivity (Wildman–Crippen MR) is 71.0 cm³/mol. The summed E-state index contributed by atoms with van der Waals surface area (Å²) in [6, 6.07) is 2.77. The second kappa shape index (κ2) is 6.43. The number of alkyl halides is 3. The molecule has 0 bridgehead atoms. The average Bonchev–Trinajstić information content (AvgIpc) is 2.33. The van der Waals surface area contributed by atoms with E-state index < -0.39 is 18.6 Å². The Labute approximate surface area is 120 Å². The minimum absolute atomic E-state index is 0.0259. The van der Waals surface area contributed by atoms with E-state index in [2.05, 4.69) is 4.98 Å². The zero-order valence-corrected chi connectivity index (χ0v) is 12.2. The summed E-state index contributed by atoms with van der Waals surface area (Å²) >= 11 is 5.82. The van der Waals surface area contributed by atoms with E-state index in [1.807, 2.05) is 13.8 Å². The molecule has 0 fully saturated rings. The highest BCUT2D eigenvalue weighted by Gasteiger charge is 2.32. The van der Waals surface area contributed by atoms with Crippen LogP contribution in [0.1, 0.15) is 42.7 Å². The molecule has 0 saturated heterocycles. The first kappa shape index (κ1) is 16.8. The maximum absolute atomic E-state index is 12.4. The predicted octanol–water partition coefficient (Wildman–Crippen LogP) is 3.88. The van der Waals surface area contributed by atoms with E-state index in [4.69, 9.17) is 11.6 Å². The largest absolute Gasteiger partial charge is 0.406 e. The molecule has 0 radical (unpaired) electrons. The number of halogens is 4. The van der Waals surface area contributed by atoms with Gasteiger partial charge in [-0.15, -0.1) is 0 Å². The summed E-state index contributed by atoms with van der Waals surface area (Å²) in [5.74, 6) is -0.672. The first-order valence-corrected chi connectivity index (χ1v) is 6.55. The molecule has 0 aliphatic heterocycles. The van der Waals surface area contributed by atoms with Crippen LogP contribution in [0.25, 0.3) is 0 Å². The Kier molecular flexibility index (Phi) is 5.39. The van der Waals surface area contributed by atoms with Gasteiger partial charge in [0, 0.05) is 17.8 Å². The van der Waals surface area contributed by atoms with Crippen molar-refractivity contribution in [3.63, 3.8) is 0 Å². The van der Waals surface area contributed by atoms with Crippen molar-refractivity contribution in [2.24, 2.45) is 0 Å². The Balaban J connectivity index is 3.06. The van der Waals surface area contributed by atoms with Crippen molar-refractivity contribution in [1.82, 2.24) is 9.88 Å². The van der Waals surface area contributed by atoms with Gasteiger partial charge in [0.2, 0.25) is 0 Å². The Morgan fingerprint density at radius 2 is 2.00 bits per heavy atom. The molecule has 0 aliphatic rings. The molecule has 7 heteroatoms. The summed E-state index contributed by atoms with van der Waals surface area (Å²) in [5.41, 5.74) is 0.698. The molecule has 1 heterocycles. The number of hydrogen-bond acceptors (Lipinski definition) is 2. The molecule has 1 aromatic rings. The van der Waals surface area contributed by atoms with Gasteiger partial charge in [0.05, 0.1) is 0 Å². The van der Waals surface area contributed by atoms with E-state index in [0.717, 1.165) is 4.90 Å². The number of hydrogen-bond donors (Lipinski definition) is 0. The van der Waals surface area contributed by atoms with Gasteiger partial charge in [0.1, 0.15) is 11.7 Å². The molecule has 0 unspecified atom stereocenters. The van der Waals surface area contributed by atoms with Crippen molar-refractivity contribution in [3.05, 3.63) is 28.5 Å². The molecule has 1 amide bonds. The number of carbonyl (C=O) groups excluding carboxylic acids is 1. The van der Waals surface area contributed by atoms with Gasteiger partial charge in [-0.1, -0.05) is 25.4 Å². The van der Waals surface area contributed by atoms with Gasteiger partial charge in [-0.05, 0) is 25.0 Å². The fraction of sp³-hybridized carbons (Fsp3) is 0.538. The summed E-state index contributed by atoms with van der Waals surface area (Å²) in [6.07, 6.45) is -4.43. The van der Waals surface area contributed by atoms with Gasteiger partial charge < -0.3 is 4.90 Å². The number of pyridine rings is 1. The first-order valence-electron chi connectivity index (χ1n) is 6.17. The van der Waals surface area contributed by atoms with Crippen LogP contribution in [0.3, 0.4) is 0 Å². The third-order valence-electron chi connectivity index (χ3n) is 2.69. The van der Waals surface area contributed by atoms with Crippen LogP contribution in [0.4, 0.5) is 13.2 Å². The lowest BCUT2D eigenvalue weighted by Gasteiger charge is -2.22. The summed E-state index contributed by atoms with van der Waals surface area (Å²) in [6.45, 7) is 3.91. The number of aromatic nitrogens is 1. The van der Waals surface area contributed by atoms with Gasteiger partial charge in [-0.3, -0.25) is 4.79 Å². The maximum atomic E-state index is 12.4. The molecule has 0 aromatic carbocycles. The summed E-state index contributed by atoms with van der Waals surface area (Å²) in [5, 5.41) is 0.0996. The van der Waals surface area contributed by atoms with Crippen LogP contribution in [0.15, 0.2) is 12.1 Å². The molecule has 0 N–H and O–H groups in total. The lowest BCUT2D eigenvalue weighted by atomic mass is 10.1. The van der Waals surface area contributed by atoms with Crippen LogP contribution < -0.4 is 0 Å². The molecule has 1 aromatic heterocycles. The Morgan fingerprint density at radius 1 is 1.40 bits per heavy atom. The van der Waals surface area contributed by atoms with Crippen molar-refractivity contribution in [1.29, 1.82) is 0 Å². The molecule has 0 saturated carbocycles. The van der Waals surface area contributed by atoms with Crippen molar-refractivity contribution in [2.45, 2.75) is 32.9 Å². The van der Waals surface area contributed by atoms with E-state index in [-0.39, 0.29) is 23.2 Å².